The van der Waals surface area contributed by atoms with Crippen LogP contribution >= 0.6 is 15.9 Å². The van der Waals surface area contributed by atoms with Crippen molar-refractivity contribution in [2.45, 2.75) is 13.8 Å². The van der Waals surface area contributed by atoms with Crippen LogP contribution in [-0.4, -0.2) is 15.0 Å². The number of aryl methyl sites for hydroxylation is 2. The third-order valence-electron chi connectivity index (χ3n) is 4.29. The highest BCUT2D eigenvalue weighted by atomic mass is 79.9. The molecule has 0 saturated heterocycles. The highest BCUT2D eigenvalue weighted by molar-refractivity contribution is 9.10. The van der Waals surface area contributed by atoms with Gasteiger partial charge in [-0.25, -0.2) is 15.0 Å². The van der Waals surface area contributed by atoms with Gasteiger partial charge in [0, 0.05) is 21.2 Å². The monoisotopic (exact) mass is 415 g/mol. The van der Waals surface area contributed by atoms with E-state index in [1.807, 2.05) is 48.5 Å². The molecule has 0 unspecified atom stereocenters. The van der Waals surface area contributed by atoms with E-state index in [1.165, 1.54) is 11.1 Å². The summed E-state index contributed by atoms with van der Waals surface area (Å²) in [5.41, 5.74) is 5.29. The van der Waals surface area contributed by atoms with Gasteiger partial charge in [-0.3, -0.25) is 0 Å². The van der Waals surface area contributed by atoms with Crippen molar-refractivity contribution >= 4 is 15.9 Å². The summed E-state index contributed by atoms with van der Waals surface area (Å²) in [6.45, 7) is 4.14. The fourth-order valence-electron chi connectivity index (χ4n) is 2.93. The van der Waals surface area contributed by atoms with Gasteiger partial charge in [0.1, 0.15) is 0 Å². The molecule has 0 bridgehead atoms. The van der Waals surface area contributed by atoms with Crippen molar-refractivity contribution in [3.8, 4) is 34.2 Å². The first-order chi connectivity index (χ1) is 13.1. The lowest BCUT2D eigenvalue weighted by Gasteiger charge is -2.09. The summed E-state index contributed by atoms with van der Waals surface area (Å²) in [6, 6.07) is 24.5. The van der Waals surface area contributed by atoms with Gasteiger partial charge in [-0.1, -0.05) is 75.6 Å². The molecule has 0 aliphatic rings. The molecule has 27 heavy (non-hydrogen) atoms. The number of benzene rings is 3. The van der Waals surface area contributed by atoms with E-state index in [4.69, 9.17) is 15.0 Å². The summed E-state index contributed by atoms with van der Waals surface area (Å²) in [7, 11) is 0. The molecule has 3 nitrogen and oxygen atoms in total. The fraction of sp³-hybridized carbons (Fsp3) is 0.0870. The molecule has 0 fully saturated rings. The highest BCUT2D eigenvalue weighted by Gasteiger charge is 2.12. The zero-order chi connectivity index (χ0) is 18.8. The number of aromatic nitrogens is 3. The maximum absolute atomic E-state index is 4.77. The second kappa shape index (κ2) is 7.41. The van der Waals surface area contributed by atoms with Crippen LogP contribution in [0.1, 0.15) is 11.1 Å². The molecule has 132 valence electrons. The van der Waals surface area contributed by atoms with Crippen LogP contribution in [0, 0.1) is 13.8 Å². The lowest BCUT2D eigenvalue weighted by Crippen LogP contribution is -2.00. The minimum Gasteiger partial charge on any atom is -0.208 e. The van der Waals surface area contributed by atoms with E-state index in [1.54, 1.807) is 0 Å². The molecule has 0 radical (unpaired) electrons. The molecule has 0 amide bonds. The second-order valence-electron chi connectivity index (χ2n) is 6.55. The van der Waals surface area contributed by atoms with E-state index in [0.29, 0.717) is 17.5 Å². The molecule has 1 heterocycles. The Labute approximate surface area is 167 Å². The molecule has 4 rings (SSSR count). The van der Waals surface area contributed by atoms with Gasteiger partial charge in [0.2, 0.25) is 0 Å². The number of nitrogens with zero attached hydrogens (tertiary/aromatic N) is 3. The number of halogens is 1. The largest absolute Gasteiger partial charge is 0.208 e. The van der Waals surface area contributed by atoms with Crippen LogP contribution < -0.4 is 0 Å². The van der Waals surface area contributed by atoms with Crippen LogP contribution in [0.5, 0.6) is 0 Å². The Bertz CT molecular complexity index is 1040. The van der Waals surface area contributed by atoms with Crippen molar-refractivity contribution in [3.63, 3.8) is 0 Å². The second-order valence-corrected chi connectivity index (χ2v) is 7.47. The average Bonchev–Trinajstić information content (AvgIpc) is 2.68. The van der Waals surface area contributed by atoms with Gasteiger partial charge in [-0.05, 0) is 38.1 Å². The molecule has 0 aliphatic carbocycles. The first-order valence-electron chi connectivity index (χ1n) is 8.74. The molecule has 1 aromatic heterocycles. The van der Waals surface area contributed by atoms with E-state index in [9.17, 15) is 0 Å². The topological polar surface area (TPSA) is 38.7 Å². The van der Waals surface area contributed by atoms with Crippen LogP contribution in [0.2, 0.25) is 0 Å². The van der Waals surface area contributed by atoms with Crippen molar-refractivity contribution in [1.82, 2.24) is 15.0 Å². The van der Waals surface area contributed by atoms with Crippen molar-refractivity contribution in [1.29, 1.82) is 0 Å². The Hall–Kier alpha value is -2.85. The molecule has 0 aliphatic heterocycles. The van der Waals surface area contributed by atoms with E-state index < -0.39 is 0 Å². The maximum Gasteiger partial charge on any atom is 0.164 e. The van der Waals surface area contributed by atoms with Crippen LogP contribution in [-0.2, 0) is 0 Å². The first-order valence-corrected chi connectivity index (χ1v) is 9.54. The van der Waals surface area contributed by atoms with Crippen LogP contribution in [0.4, 0.5) is 0 Å². The Morgan fingerprint density at radius 2 is 1.00 bits per heavy atom. The zero-order valence-electron chi connectivity index (χ0n) is 15.1. The average molecular weight is 416 g/mol. The number of rotatable bonds is 3. The summed E-state index contributed by atoms with van der Waals surface area (Å²) < 4.78 is 1.03. The van der Waals surface area contributed by atoms with Gasteiger partial charge in [0.15, 0.2) is 17.5 Å². The Kier molecular flexibility index (Phi) is 4.82. The van der Waals surface area contributed by atoms with Gasteiger partial charge in [-0.2, -0.15) is 0 Å². The Morgan fingerprint density at radius 1 is 0.556 bits per heavy atom. The van der Waals surface area contributed by atoms with Crippen molar-refractivity contribution in [3.05, 3.63) is 88.4 Å². The predicted octanol–water partition coefficient (Wildman–Crippen LogP) is 6.25. The van der Waals surface area contributed by atoms with Gasteiger partial charge in [0.25, 0.3) is 0 Å². The molecule has 4 aromatic rings. The summed E-state index contributed by atoms with van der Waals surface area (Å²) in [5.74, 6) is 2.04. The zero-order valence-corrected chi connectivity index (χ0v) is 16.7. The standard InChI is InChI=1S/C23H18BrN3/c1-15-5-3-7-18(13-15)22-25-21(17-9-11-20(24)12-10-17)26-23(27-22)19-8-4-6-16(2)14-19/h3-14H,1-2H3. The minimum absolute atomic E-state index is 0.672. The van der Waals surface area contributed by atoms with Gasteiger partial charge in [-0.15, -0.1) is 0 Å². The van der Waals surface area contributed by atoms with Crippen LogP contribution in [0.25, 0.3) is 34.2 Å². The summed E-state index contributed by atoms with van der Waals surface area (Å²) in [6.07, 6.45) is 0. The first kappa shape index (κ1) is 17.6. The molecule has 4 heteroatoms. The molecule has 0 atom stereocenters. The van der Waals surface area contributed by atoms with E-state index in [2.05, 4.69) is 54.0 Å². The molecule has 0 saturated carbocycles. The van der Waals surface area contributed by atoms with Crippen molar-refractivity contribution in [2.24, 2.45) is 0 Å². The molecular formula is C23H18BrN3. The van der Waals surface area contributed by atoms with E-state index >= 15 is 0 Å². The fourth-order valence-corrected chi connectivity index (χ4v) is 3.19. The smallest absolute Gasteiger partial charge is 0.164 e. The third kappa shape index (κ3) is 3.96. The molecule has 0 N–H and O–H groups in total. The summed E-state index contributed by atoms with van der Waals surface area (Å²) >= 11 is 3.48. The Morgan fingerprint density at radius 3 is 1.44 bits per heavy atom. The Balaban J connectivity index is 1.92. The lowest BCUT2D eigenvalue weighted by molar-refractivity contribution is 1.07. The van der Waals surface area contributed by atoms with Gasteiger partial charge in [0.05, 0.1) is 0 Å². The van der Waals surface area contributed by atoms with E-state index in [-0.39, 0.29) is 0 Å². The number of hydrogen-bond donors (Lipinski definition) is 0. The molecule has 0 spiro atoms. The normalized spacial score (nSPS) is 10.8. The van der Waals surface area contributed by atoms with Gasteiger partial charge >= 0.3 is 0 Å². The maximum atomic E-state index is 4.77. The number of hydrogen-bond acceptors (Lipinski definition) is 3. The van der Waals surface area contributed by atoms with Crippen molar-refractivity contribution in [2.75, 3.05) is 0 Å². The lowest BCUT2D eigenvalue weighted by atomic mass is 10.1. The third-order valence-corrected chi connectivity index (χ3v) is 4.82. The predicted molar refractivity (Wildman–Crippen MR) is 113 cm³/mol. The van der Waals surface area contributed by atoms with Gasteiger partial charge < -0.3 is 0 Å². The molecule has 3 aromatic carbocycles. The van der Waals surface area contributed by atoms with Crippen LogP contribution in [0.3, 0.4) is 0 Å². The molecular weight excluding hydrogens is 398 g/mol. The minimum atomic E-state index is 0.672. The highest BCUT2D eigenvalue weighted by Crippen LogP contribution is 2.26. The van der Waals surface area contributed by atoms with Crippen molar-refractivity contribution < 1.29 is 0 Å². The summed E-state index contributed by atoms with van der Waals surface area (Å²) in [4.78, 5) is 14.3. The SMILES string of the molecule is Cc1cccc(-c2nc(-c3ccc(Br)cc3)nc(-c3cccc(C)c3)n2)c1. The van der Waals surface area contributed by atoms with Crippen LogP contribution in [0.15, 0.2) is 77.3 Å². The van der Waals surface area contributed by atoms with E-state index in [0.717, 1.165) is 21.2 Å². The quantitative estimate of drug-likeness (QED) is 0.396. The summed E-state index contributed by atoms with van der Waals surface area (Å²) in [5, 5.41) is 0.